The highest BCUT2D eigenvalue weighted by atomic mass is 16.5. The highest BCUT2D eigenvalue weighted by Crippen LogP contribution is 2.36. The van der Waals surface area contributed by atoms with Gasteiger partial charge in [-0.25, -0.2) is 0 Å². The van der Waals surface area contributed by atoms with Crippen LogP contribution in [0.3, 0.4) is 0 Å². The molecule has 2 rings (SSSR count). The maximum absolute atomic E-state index is 9.82. The van der Waals surface area contributed by atoms with Crippen LogP contribution in [0.5, 0.6) is 0 Å². The molecule has 0 aliphatic heterocycles. The Balaban J connectivity index is 0.000000312. The van der Waals surface area contributed by atoms with Crippen molar-refractivity contribution in [1.29, 1.82) is 0 Å². The summed E-state index contributed by atoms with van der Waals surface area (Å²) >= 11 is 0. The summed E-state index contributed by atoms with van der Waals surface area (Å²) in [5.41, 5.74) is 1.36. The molecule has 1 N–H and O–H groups in total. The van der Waals surface area contributed by atoms with Crippen LogP contribution in [-0.4, -0.2) is 24.3 Å². The van der Waals surface area contributed by atoms with E-state index in [1.54, 1.807) is 6.92 Å². The van der Waals surface area contributed by atoms with Crippen molar-refractivity contribution < 1.29 is 14.6 Å². The molecule has 1 aromatic carbocycles. The molecule has 3 heteroatoms. The summed E-state index contributed by atoms with van der Waals surface area (Å²) in [6.07, 6.45) is 3.27. The molecule has 19 heavy (non-hydrogen) atoms. The fourth-order valence-electron chi connectivity index (χ4n) is 2.62. The number of carbonyl (C=O) groups is 1. The van der Waals surface area contributed by atoms with Gasteiger partial charge < -0.3 is 9.84 Å². The zero-order valence-corrected chi connectivity index (χ0v) is 11.8. The maximum Gasteiger partial charge on any atom is 0.293 e. The molecule has 1 aliphatic rings. The van der Waals surface area contributed by atoms with E-state index in [0.717, 1.165) is 6.42 Å². The van der Waals surface area contributed by atoms with Gasteiger partial charge in [0.2, 0.25) is 0 Å². The van der Waals surface area contributed by atoms with Crippen molar-refractivity contribution in [3.05, 3.63) is 35.9 Å². The summed E-state index contributed by atoms with van der Waals surface area (Å²) in [7, 11) is 0. The second-order valence-electron chi connectivity index (χ2n) is 4.91. The predicted octanol–water partition coefficient (Wildman–Crippen LogP) is 3.13. The molecule has 3 atom stereocenters. The van der Waals surface area contributed by atoms with E-state index < -0.39 is 0 Å². The Hall–Kier alpha value is -1.35. The van der Waals surface area contributed by atoms with Gasteiger partial charge in [-0.05, 0) is 37.2 Å². The highest BCUT2D eigenvalue weighted by Gasteiger charge is 2.30. The number of carbonyl (C=O) groups excluding carboxylic acids is 1. The first kappa shape index (κ1) is 15.7. The molecule has 0 saturated heterocycles. The predicted molar refractivity (Wildman–Crippen MR) is 75.9 cm³/mol. The molecule has 1 fully saturated rings. The second kappa shape index (κ2) is 8.70. The fourth-order valence-corrected chi connectivity index (χ4v) is 2.62. The summed E-state index contributed by atoms with van der Waals surface area (Å²) in [5.74, 6) is 0.964. The Kier molecular flexibility index (Phi) is 7.19. The molecule has 106 valence electrons. The lowest BCUT2D eigenvalue weighted by Gasteiger charge is -2.22. The zero-order valence-electron chi connectivity index (χ0n) is 11.8. The Morgan fingerprint density at radius 2 is 2.05 bits per heavy atom. The largest absolute Gasteiger partial charge is 0.468 e. The molecule has 1 aliphatic carbocycles. The minimum atomic E-state index is -0.0785. The zero-order chi connectivity index (χ0) is 14.1. The van der Waals surface area contributed by atoms with Gasteiger partial charge in [-0.3, -0.25) is 4.79 Å². The molecule has 1 saturated carbocycles. The molecule has 0 bridgehead atoms. The van der Waals surface area contributed by atoms with Gasteiger partial charge in [0.15, 0.2) is 0 Å². The van der Waals surface area contributed by atoms with Crippen molar-refractivity contribution >= 4 is 6.47 Å². The van der Waals surface area contributed by atoms with Gasteiger partial charge in [-0.15, -0.1) is 0 Å². The fraction of sp³-hybridized carbons (Fsp3) is 0.562. The van der Waals surface area contributed by atoms with Crippen molar-refractivity contribution in [2.45, 2.75) is 45.1 Å². The van der Waals surface area contributed by atoms with Crippen LogP contribution in [0, 0.1) is 5.92 Å². The maximum atomic E-state index is 9.82. The topological polar surface area (TPSA) is 46.5 Å². The molecule has 0 radical (unpaired) electrons. The smallest absolute Gasteiger partial charge is 0.293 e. The van der Waals surface area contributed by atoms with Crippen LogP contribution < -0.4 is 0 Å². The van der Waals surface area contributed by atoms with E-state index in [9.17, 15) is 9.90 Å². The lowest BCUT2D eigenvalue weighted by atomic mass is 9.85. The first-order valence-corrected chi connectivity index (χ1v) is 6.99. The van der Waals surface area contributed by atoms with Gasteiger partial charge in [0.25, 0.3) is 6.47 Å². The number of aliphatic hydroxyl groups is 1. The van der Waals surface area contributed by atoms with Gasteiger partial charge in [0.05, 0.1) is 12.7 Å². The van der Waals surface area contributed by atoms with Crippen LogP contribution in [0.1, 0.15) is 44.6 Å². The summed E-state index contributed by atoms with van der Waals surface area (Å²) < 4.78 is 4.15. The van der Waals surface area contributed by atoms with Crippen LogP contribution in [0.2, 0.25) is 0 Å². The first-order chi connectivity index (χ1) is 9.20. The van der Waals surface area contributed by atoms with E-state index in [-0.39, 0.29) is 6.10 Å². The summed E-state index contributed by atoms with van der Waals surface area (Å²) in [5, 5.41) is 9.82. The van der Waals surface area contributed by atoms with Crippen molar-refractivity contribution in [3.63, 3.8) is 0 Å². The molecule has 0 amide bonds. The second-order valence-corrected chi connectivity index (χ2v) is 4.91. The SMILES string of the molecule is CC(c1ccccc1)C1CCCC1O.CCOC=O. The van der Waals surface area contributed by atoms with Gasteiger partial charge in [-0.1, -0.05) is 43.7 Å². The van der Waals surface area contributed by atoms with Gasteiger partial charge in [-0.2, -0.15) is 0 Å². The van der Waals surface area contributed by atoms with E-state index in [4.69, 9.17) is 0 Å². The third-order valence-electron chi connectivity index (χ3n) is 3.73. The molecule has 0 heterocycles. The standard InChI is InChI=1S/C13H18O.C3H6O2/c1-10(11-6-3-2-4-7-11)12-8-5-9-13(12)14;1-2-5-3-4/h2-4,6-7,10,12-14H,5,8-9H2,1H3;3H,2H2,1H3. The average molecular weight is 264 g/mol. The van der Waals surface area contributed by atoms with E-state index in [1.165, 1.54) is 18.4 Å². The molecule has 3 nitrogen and oxygen atoms in total. The monoisotopic (exact) mass is 264 g/mol. The number of ether oxygens (including phenoxy) is 1. The van der Waals surface area contributed by atoms with Crippen molar-refractivity contribution in [3.8, 4) is 0 Å². The van der Waals surface area contributed by atoms with E-state index in [2.05, 4.69) is 35.9 Å². The van der Waals surface area contributed by atoms with Gasteiger partial charge in [0, 0.05) is 0 Å². The lowest BCUT2D eigenvalue weighted by Crippen LogP contribution is -2.19. The summed E-state index contributed by atoms with van der Waals surface area (Å²) in [4.78, 5) is 9.18. The van der Waals surface area contributed by atoms with Crippen molar-refractivity contribution in [1.82, 2.24) is 0 Å². The molecule has 1 aromatic rings. The van der Waals surface area contributed by atoms with Crippen molar-refractivity contribution in [2.75, 3.05) is 6.61 Å². The number of benzene rings is 1. The Labute approximate surface area is 115 Å². The van der Waals surface area contributed by atoms with Crippen LogP contribution in [0.25, 0.3) is 0 Å². The summed E-state index contributed by atoms with van der Waals surface area (Å²) in [6, 6.07) is 10.5. The molecular formula is C16H24O3. The van der Waals surface area contributed by atoms with Crippen LogP contribution >= 0.6 is 0 Å². The quantitative estimate of drug-likeness (QED) is 0.850. The Morgan fingerprint density at radius 3 is 2.47 bits per heavy atom. The first-order valence-electron chi connectivity index (χ1n) is 6.99. The summed E-state index contributed by atoms with van der Waals surface area (Å²) in [6.45, 7) is 4.90. The number of hydrogen-bond donors (Lipinski definition) is 1. The highest BCUT2D eigenvalue weighted by molar-refractivity contribution is 5.36. The van der Waals surface area contributed by atoms with E-state index in [0.29, 0.717) is 24.9 Å². The molecule has 0 spiro atoms. The average Bonchev–Trinajstić information content (AvgIpc) is 2.87. The van der Waals surface area contributed by atoms with Crippen LogP contribution in [-0.2, 0) is 9.53 Å². The molecular weight excluding hydrogens is 240 g/mol. The number of hydrogen-bond acceptors (Lipinski definition) is 3. The molecule has 3 unspecified atom stereocenters. The third kappa shape index (κ3) is 5.03. The minimum absolute atomic E-state index is 0.0785. The minimum Gasteiger partial charge on any atom is -0.468 e. The Bertz CT molecular complexity index is 350. The lowest BCUT2D eigenvalue weighted by molar-refractivity contribution is -0.128. The van der Waals surface area contributed by atoms with E-state index in [1.807, 2.05) is 6.07 Å². The Morgan fingerprint density at radius 1 is 1.37 bits per heavy atom. The van der Waals surface area contributed by atoms with Gasteiger partial charge >= 0.3 is 0 Å². The van der Waals surface area contributed by atoms with E-state index >= 15 is 0 Å². The van der Waals surface area contributed by atoms with Crippen LogP contribution in [0.4, 0.5) is 0 Å². The van der Waals surface area contributed by atoms with Crippen molar-refractivity contribution in [2.24, 2.45) is 5.92 Å². The molecule has 0 aromatic heterocycles. The van der Waals surface area contributed by atoms with Crippen LogP contribution in [0.15, 0.2) is 30.3 Å². The number of rotatable bonds is 4. The van der Waals surface area contributed by atoms with Gasteiger partial charge in [0.1, 0.15) is 0 Å². The third-order valence-corrected chi connectivity index (χ3v) is 3.73. The normalized spacial score (nSPS) is 23.1. The number of aliphatic hydroxyl groups excluding tert-OH is 1.